The minimum atomic E-state index is -1.13. The van der Waals surface area contributed by atoms with E-state index in [1.807, 2.05) is 0 Å². The van der Waals surface area contributed by atoms with Gasteiger partial charge < -0.3 is 10.8 Å². The number of rotatable bonds is 3. The van der Waals surface area contributed by atoms with Crippen molar-refractivity contribution < 1.29 is 14.3 Å². The summed E-state index contributed by atoms with van der Waals surface area (Å²) in [7, 11) is 0. The topological polar surface area (TPSA) is 63.3 Å². The predicted octanol–water partition coefficient (Wildman–Crippen LogP) is 1.45. The van der Waals surface area contributed by atoms with Crippen molar-refractivity contribution >= 4 is 18.4 Å². The summed E-state index contributed by atoms with van der Waals surface area (Å²) in [4.78, 5) is 10.4. The van der Waals surface area contributed by atoms with Gasteiger partial charge in [-0.3, -0.25) is 0 Å². The molecule has 0 unspecified atom stereocenters. The molecule has 1 aromatic carbocycles. The molecular weight excluding hydrogens is 209 g/mol. The van der Waals surface area contributed by atoms with Crippen LogP contribution in [0.4, 0.5) is 4.39 Å². The normalized spacial score (nSPS) is 9.29. The van der Waals surface area contributed by atoms with Gasteiger partial charge in [0.2, 0.25) is 0 Å². The molecule has 0 aliphatic carbocycles. The third kappa shape index (κ3) is 2.97. The molecule has 0 aliphatic rings. The van der Waals surface area contributed by atoms with Crippen LogP contribution in [0, 0.1) is 5.82 Å². The van der Waals surface area contributed by atoms with E-state index in [-0.39, 0.29) is 18.0 Å². The first-order valence-corrected chi connectivity index (χ1v) is 3.87. The molecule has 0 saturated carbocycles. The maximum absolute atomic E-state index is 13.1. The number of nitrogens with two attached hydrogens (primary N) is 1. The molecule has 0 aromatic heterocycles. The third-order valence-electron chi connectivity index (χ3n) is 1.71. The summed E-state index contributed by atoms with van der Waals surface area (Å²) in [6.07, 6.45) is 0.422. The Labute approximate surface area is 87.1 Å². The zero-order valence-electron chi connectivity index (χ0n) is 7.37. The van der Waals surface area contributed by atoms with Crippen LogP contribution in [0.25, 0.3) is 0 Å². The average molecular weight is 220 g/mol. The Morgan fingerprint density at radius 3 is 2.57 bits per heavy atom. The summed E-state index contributed by atoms with van der Waals surface area (Å²) in [6.45, 7) is 0.351. The molecule has 0 radical (unpaired) electrons. The van der Waals surface area contributed by atoms with Crippen molar-refractivity contribution in [3.63, 3.8) is 0 Å². The average Bonchev–Trinajstić information content (AvgIpc) is 2.08. The van der Waals surface area contributed by atoms with Crippen LogP contribution >= 0.6 is 12.4 Å². The second kappa shape index (κ2) is 5.57. The molecule has 0 saturated heterocycles. The third-order valence-corrected chi connectivity index (χ3v) is 1.71. The van der Waals surface area contributed by atoms with Gasteiger partial charge in [0, 0.05) is 0 Å². The van der Waals surface area contributed by atoms with Crippen molar-refractivity contribution in [3.8, 4) is 0 Å². The summed E-state index contributed by atoms with van der Waals surface area (Å²) in [5, 5.41) is 8.54. The van der Waals surface area contributed by atoms with Crippen LogP contribution in [0.1, 0.15) is 15.9 Å². The van der Waals surface area contributed by atoms with Crippen LogP contribution in [0.3, 0.4) is 0 Å². The van der Waals surface area contributed by atoms with Gasteiger partial charge in [0.05, 0.1) is 5.56 Å². The Morgan fingerprint density at radius 1 is 1.50 bits per heavy atom. The summed E-state index contributed by atoms with van der Waals surface area (Å²) in [6, 6.07) is 3.83. The quantitative estimate of drug-likeness (QED) is 0.809. The summed E-state index contributed by atoms with van der Waals surface area (Å²) >= 11 is 0. The number of benzene rings is 1. The number of hydrogen-bond acceptors (Lipinski definition) is 2. The summed E-state index contributed by atoms with van der Waals surface area (Å²) < 4.78 is 13.1. The highest BCUT2D eigenvalue weighted by Crippen LogP contribution is 2.10. The van der Waals surface area contributed by atoms with E-state index in [2.05, 4.69) is 0 Å². The Balaban J connectivity index is 0.00000169. The number of carboxylic acid groups (broad SMARTS) is 1. The molecule has 1 aromatic rings. The number of halogens is 2. The van der Waals surface area contributed by atoms with E-state index in [1.165, 1.54) is 12.1 Å². The Kier molecular flexibility index (Phi) is 5.12. The molecule has 3 N–H and O–H groups in total. The van der Waals surface area contributed by atoms with E-state index >= 15 is 0 Å². The molecule has 0 fully saturated rings. The maximum Gasteiger partial charge on any atom is 0.335 e. The molecule has 5 heteroatoms. The molecule has 0 spiro atoms. The zero-order valence-corrected chi connectivity index (χ0v) is 8.18. The molecule has 0 amide bonds. The van der Waals surface area contributed by atoms with E-state index in [1.54, 1.807) is 0 Å². The Hall–Kier alpha value is -1.13. The molecule has 0 bridgehead atoms. The van der Waals surface area contributed by atoms with Crippen LogP contribution < -0.4 is 5.73 Å². The highest BCUT2D eigenvalue weighted by Gasteiger charge is 2.06. The Morgan fingerprint density at radius 2 is 2.14 bits per heavy atom. The van der Waals surface area contributed by atoms with Crippen molar-refractivity contribution in [3.05, 3.63) is 35.1 Å². The van der Waals surface area contributed by atoms with Crippen molar-refractivity contribution in [2.45, 2.75) is 6.42 Å². The standard InChI is InChI=1S/C9H10FNO2.ClH/c10-8-5-7(9(12)13)2-1-6(8)3-4-11;/h1-2,5H,3-4,11H2,(H,12,13);1H. The first-order chi connectivity index (χ1) is 6.15. The summed E-state index contributed by atoms with van der Waals surface area (Å²) in [5.74, 6) is -1.64. The van der Waals surface area contributed by atoms with E-state index in [0.29, 0.717) is 18.5 Å². The maximum atomic E-state index is 13.1. The molecule has 3 nitrogen and oxygen atoms in total. The van der Waals surface area contributed by atoms with E-state index in [9.17, 15) is 9.18 Å². The monoisotopic (exact) mass is 219 g/mol. The van der Waals surface area contributed by atoms with Gasteiger partial charge in [-0.05, 0) is 30.7 Å². The van der Waals surface area contributed by atoms with Crippen LogP contribution in [0.5, 0.6) is 0 Å². The minimum absolute atomic E-state index is 0. The van der Waals surface area contributed by atoms with Gasteiger partial charge in [-0.1, -0.05) is 6.07 Å². The number of carboxylic acids is 1. The molecule has 78 valence electrons. The fourth-order valence-electron chi connectivity index (χ4n) is 1.04. The number of carbonyl (C=O) groups is 1. The molecule has 0 atom stereocenters. The van der Waals surface area contributed by atoms with Crippen molar-refractivity contribution in [1.29, 1.82) is 0 Å². The van der Waals surface area contributed by atoms with Crippen molar-refractivity contribution in [1.82, 2.24) is 0 Å². The highest BCUT2D eigenvalue weighted by atomic mass is 35.5. The van der Waals surface area contributed by atoms with Crippen LogP contribution in [-0.2, 0) is 6.42 Å². The smallest absolute Gasteiger partial charge is 0.335 e. The van der Waals surface area contributed by atoms with Gasteiger partial charge in [0.25, 0.3) is 0 Å². The fraction of sp³-hybridized carbons (Fsp3) is 0.222. The van der Waals surface area contributed by atoms with Crippen LogP contribution in [0.15, 0.2) is 18.2 Å². The SMILES string of the molecule is Cl.NCCc1ccc(C(=O)O)cc1F. The zero-order chi connectivity index (χ0) is 9.84. The second-order valence-electron chi connectivity index (χ2n) is 2.65. The van der Waals surface area contributed by atoms with Gasteiger partial charge in [-0.25, -0.2) is 9.18 Å². The van der Waals surface area contributed by atoms with Crippen LogP contribution in [0.2, 0.25) is 0 Å². The number of hydrogen-bond donors (Lipinski definition) is 2. The lowest BCUT2D eigenvalue weighted by molar-refractivity contribution is 0.0696. The molecule has 0 aliphatic heterocycles. The van der Waals surface area contributed by atoms with Gasteiger partial charge in [-0.15, -0.1) is 12.4 Å². The van der Waals surface area contributed by atoms with E-state index in [4.69, 9.17) is 10.8 Å². The predicted molar refractivity (Wildman–Crippen MR) is 53.4 cm³/mol. The molecule has 0 heterocycles. The lowest BCUT2D eigenvalue weighted by atomic mass is 10.1. The summed E-state index contributed by atoms with van der Waals surface area (Å²) in [5.41, 5.74) is 5.65. The largest absolute Gasteiger partial charge is 0.478 e. The first-order valence-electron chi connectivity index (χ1n) is 3.87. The van der Waals surface area contributed by atoms with Gasteiger partial charge in [-0.2, -0.15) is 0 Å². The van der Waals surface area contributed by atoms with Crippen molar-refractivity contribution in [2.24, 2.45) is 5.73 Å². The highest BCUT2D eigenvalue weighted by molar-refractivity contribution is 5.87. The fourth-order valence-corrected chi connectivity index (χ4v) is 1.04. The lowest BCUT2D eigenvalue weighted by Crippen LogP contribution is -2.05. The first kappa shape index (κ1) is 12.9. The molecule has 14 heavy (non-hydrogen) atoms. The van der Waals surface area contributed by atoms with E-state index < -0.39 is 11.8 Å². The van der Waals surface area contributed by atoms with E-state index in [0.717, 1.165) is 6.07 Å². The molecule has 1 rings (SSSR count). The second-order valence-corrected chi connectivity index (χ2v) is 2.65. The van der Waals surface area contributed by atoms with Gasteiger partial charge in [0.1, 0.15) is 5.82 Å². The minimum Gasteiger partial charge on any atom is -0.478 e. The van der Waals surface area contributed by atoms with Crippen molar-refractivity contribution in [2.75, 3.05) is 6.54 Å². The molecular formula is C9H11ClFNO2. The number of aromatic carboxylic acids is 1. The Bertz CT molecular complexity index is 331. The van der Waals surface area contributed by atoms with Gasteiger partial charge in [0.15, 0.2) is 0 Å². The lowest BCUT2D eigenvalue weighted by Gasteiger charge is -2.01. The van der Waals surface area contributed by atoms with Gasteiger partial charge >= 0.3 is 5.97 Å². The van der Waals surface area contributed by atoms with Crippen LogP contribution in [-0.4, -0.2) is 17.6 Å².